The van der Waals surface area contributed by atoms with E-state index in [4.69, 9.17) is 9.47 Å². The van der Waals surface area contributed by atoms with E-state index in [0.717, 1.165) is 9.48 Å². The highest BCUT2D eigenvalue weighted by molar-refractivity contribution is 9.10. The predicted molar refractivity (Wildman–Crippen MR) is 90.4 cm³/mol. The molecule has 25 heavy (non-hydrogen) atoms. The van der Waals surface area contributed by atoms with Crippen LogP contribution in [0.15, 0.2) is 46.4 Å². The van der Waals surface area contributed by atoms with Gasteiger partial charge in [-0.05, 0) is 18.2 Å². The number of hydrazone groups is 1. The van der Waals surface area contributed by atoms with E-state index in [1.807, 2.05) is 0 Å². The molecule has 0 saturated carbocycles. The molecule has 2 heterocycles. The molecule has 3 rings (SSSR count). The van der Waals surface area contributed by atoms with Crippen molar-refractivity contribution in [2.75, 3.05) is 0 Å². The third-order valence-corrected chi connectivity index (χ3v) is 3.72. The van der Waals surface area contributed by atoms with Crippen molar-refractivity contribution in [3.05, 3.63) is 52.5 Å². The van der Waals surface area contributed by atoms with Crippen LogP contribution in [0, 0.1) is 0 Å². The van der Waals surface area contributed by atoms with E-state index < -0.39 is 12.2 Å². The number of ether oxygens (including phenoxy) is 2. The summed E-state index contributed by atoms with van der Waals surface area (Å²) in [6.45, 7) is 2.67. The molecule has 0 unspecified atom stereocenters. The summed E-state index contributed by atoms with van der Waals surface area (Å²) < 4.78 is 11.8. The number of aromatic nitrogens is 2. The number of nitrogens with zero attached hydrogens (tertiary/aromatic N) is 4. The molecule has 0 N–H and O–H groups in total. The maximum absolute atomic E-state index is 11.9. The van der Waals surface area contributed by atoms with Crippen LogP contribution in [-0.4, -0.2) is 32.8 Å². The molecule has 0 saturated heterocycles. The second-order valence-electron chi connectivity index (χ2n) is 5.10. The second-order valence-corrected chi connectivity index (χ2v) is 6.02. The van der Waals surface area contributed by atoms with Gasteiger partial charge in [0.25, 0.3) is 0 Å². The van der Waals surface area contributed by atoms with E-state index in [0.29, 0.717) is 11.3 Å². The minimum Gasteiger partial charge on any atom is -0.444 e. The highest BCUT2D eigenvalue weighted by atomic mass is 79.9. The zero-order valence-electron chi connectivity index (χ0n) is 13.3. The Kier molecular flexibility index (Phi) is 4.75. The summed E-state index contributed by atoms with van der Waals surface area (Å²) in [6, 6.07) is 5.02. The number of hydrogen-bond donors (Lipinski definition) is 0. The third kappa shape index (κ3) is 3.66. The highest BCUT2D eigenvalue weighted by Gasteiger charge is 2.35. The Morgan fingerprint density at radius 1 is 1.28 bits per heavy atom. The minimum atomic E-state index is -0.842. The smallest absolute Gasteiger partial charge is 0.308 e. The Morgan fingerprint density at radius 3 is 2.72 bits per heavy atom. The number of amides is 1. The minimum absolute atomic E-state index is 0.142. The first kappa shape index (κ1) is 17.0. The topological polar surface area (TPSA) is 94.0 Å². The van der Waals surface area contributed by atoms with Crippen LogP contribution in [0.1, 0.15) is 31.3 Å². The van der Waals surface area contributed by atoms with Crippen molar-refractivity contribution in [3.8, 4) is 5.75 Å². The largest absolute Gasteiger partial charge is 0.444 e. The predicted octanol–water partition coefficient (Wildman–Crippen LogP) is 2.40. The van der Waals surface area contributed by atoms with Crippen LogP contribution < -0.4 is 4.74 Å². The van der Waals surface area contributed by atoms with Gasteiger partial charge in [-0.3, -0.25) is 19.6 Å². The quantitative estimate of drug-likeness (QED) is 0.575. The van der Waals surface area contributed by atoms with Crippen LogP contribution >= 0.6 is 15.9 Å². The molecule has 0 radical (unpaired) electrons. The Bertz CT molecular complexity index is 856. The van der Waals surface area contributed by atoms with Gasteiger partial charge in [0, 0.05) is 30.7 Å². The SMILES string of the molecule is CC(=O)Oc1ccc(Br)cc1C1=NN(C(C)=O)[C@H](c2cnccn2)O1. The summed E-state index contributed by atoms with van der Waals surface area (Å²) in [5, 5.41) is 5.39. The summed E-state index contributed by atoms with van der Waals surface area (Å²) in [5.74, 6) is -0.382. The first-order valence-corrected chi connectivity index (χ1v) is 8.04. The van der Waals surface area contributed by atoms with Crippen molar-refractivity contribution < 1.29 is 19.1 Å². The Labute approximate surface area is 151 Å². The van der Waals surface area contributed by atoms with E-state index in [2.05, 4.69) is 31.0 Å². The lowest BCUT2D eigenvalue weighted by Crippen LogP contribution is -2.26. The fourth-order valence-corrected chi connectivity index (χ4v) is 2.58. The second kappa shape index (κ2) is 6.98. The molecule has 0 bridgehead atoms. The first-order chi connectivity index (χ1) is 12.0. The fraction of sp³-hybridized carbons (Fsp3) is 0.188. The number of hydrogen-bond acceptors (Lipinski definition) is 7. The lowest BCUT2D eigenvalue weighted by Gasteiger charge is -2.17. The van der Waals surface area contributed by atoms with Crippen LogP contribution in [0.5, 0.6) is 5.75 Å². The van der Waals surface area contributed by atoms with E-state index in [1.54, 1.807) is 18.2 Å². The average Bonchev–Trinajstić information content (AvgIpc) is 3.02. The van der Waals surface area contributed by atoms with E-state index in [1.165, 1.54) is 32.4 Å². The maximum atomic E-state index is 11.9. The van der Waals surface area contributed by atoms with Gasteiger partial charge in [-0.1, -0.05) is 15.9 Å². The Balaban J connectivity index is 2.01. The number of carbonyl (C=O) groups is 2. The molecule has 1 aromatic carbocycles. The standard InChI is InChI=1S/C16H13BrN4O4/c1-9(22)21-16(13-8-18-5-6-19-13)25-15(20-21)12-7-11(17)3-4-14(12)24-10(2)23/h3-8,16H,1-2H3/t16-/m0/s1. The maximum Gasteiger partial charge on any atom is 0.308 e. The lowest BCUT2D eigenvalue weighted by atomic mass is 10.2. The average molecular weight is 405 g/mol. The van der Waals surface area contributed by atoms with Gasteiger partial charge in [-0.15, -0.1) is 5.10 Å². The molecule has 0 fully saturated rings. The van der Waals surface area contributed by atoms with E-state index >= 15 is 0 Å². The van der Waals surface area contributed by atoms with Gasteiger partial charge in [-0.2, -0.15) is 5.01 Å². The van der Waals surface area contributed by atoms with Gasteiger partial charge in [0.1, 0.15) is 11.4 Å². The molecule has 1 atom stereocenters. The van der Waals surface area contributed by atoms with Crippen molar-refractivity contribution in [3.63, 3.8) is 0 Å². The number of carbonyl (C=O) groups excluding carboxylic acids is 2. The molecule has 0 aliphatic carbocycles. The van der Waals surface area contributed by atoms with Gasteiger partial charge in [0.05, 0.1) is 11.8 Å². The number of esters is 1. The van der Waals surface area contributed by atoms with Crippen LogP contribution in [-0.2, 0) is 14.3 Å². The molecule has 0 spiro atoms. The molecule has 9 heteroatoms. The van der Waals surface area contributed by atoms with Gasteiger partial charge in [0.15, 0.2) is 0 Å². The molecule has 2 aromatic rings. The number of rotatable bonds is 3. The summed E-state index contributed by atoms with van der Waals surface area (Å²) in [5.41, 5.74) is 0.864. The molecule has 1 aliphatic heterocycles. The molecular weight excluding hydrogens is 392 g/mol. The van der Waals surface area contributed by atoms with E-state index in [9.17, 15) is 9.59 Å². The molecule has 1 amide bonds. The molecule has 128 valence electrons. The summed E-state index contributed by atoms with van der Waals surface area (Å²) in [7, 11) is 0. The molecular formula is C16H13BrN4O4. The van der Waals surface area contributed by atoms with Crippen molar-refractivity contribution in [2.24, 2.45) is 5.10 Å². The van der Waals surface area contributed by atoms with Gasteiger partial charge in [-0.25, -0.2) is 0 Å². The Morgan fingerprint density at radius 2 is 2.08 bits per heavy atom. The third-order valence-electron chi connectivity index (χ3n) is 3.23. The Hall–Kier alpha value is -2.81. The van der Waals surface area contributed by atoms with Crippen molar-refractivity contribution in [2.45, 2.75) is 20.1 Å². The summed E-state index contributed by atoms with van der Waals surface area (Å²) in [4.78, 5) is 31.4. The zero-order valence-corrected chi connectivity index (χ0v) is 14.9. The monoisotopic (exact) mass is 404 g/mol. The van der Waals surface area contributed by atoms with Crippen LogP contribution in [0.4, 0.5) is 0 Å². The van der Waals surface area contributed by atoms with Crippen molar-refractivity contribution >= 4 is 33.7 Å². The van der Waals surface area contributed by atoms with Crippen LogP contribution in [0.3, 0.4) is 0 Å². The molecule has 8 nitrogen and oxygen atoms in total. The van der Waals surface area contributed by atoms with Crippen molar-refractivity contribution in [1.29, 1.82) is 0 Å². The highest BCUT2D eigenvalue weighted by Crippen LogP contribution is 2.33. The van der Waals surface area contributed by atoms with Crippen LogP contribution in [0.25, 0.3) is 0 Å². The number of benzene rings is 1. The van der Waals surface area contributed by atoms with Gasteiger partial charge in [0.2, 0.25) is 18.0 Å². The summed E-state index contributed by atoms with van der Waals surface area (Å²) in [6.07, 6.45) is 3.67. The lowest BCUT2D eigenvalue weighted by molar-refractivity contribution is -0.135. The molecule has 1 aliphatic rings. The fourth-order valence-electron chi connectivity index (χ4n) is 2.22. The van der Waals surface area contributed by atoms with E-state index in [-0.39, 0.29) is 17.6 Å². The zero-order chi connectivity index (χ0) is 18.0. The van der Waals surface area contributed by atoms with Gasteiger partial charge < -0.3 is 9.47 Å². The molecule has 1 aromatic heterocycles. The first-order valence-electron chi connectivity index (χ1n) is 7.25. The summed E-state index contributed by atoms with van der Waals surface area (Å²) >= 11 is 3.36. The van der Waals surface area contributed by atoms with Crippen molar-refractivity contribution in [1.82, 2.24) is 15.0 Å². The number of halogens is 1. The normalized spacial score (nSPS) is 16.2. The van der Waals surface area contributed by atoms with Crippen LogP contribution in [0.2, 0.25) is 0 Å². The van der Waals surface area contributed by atoms with Gasteiger partial charge >= 0.3 is 5.97 Å².